The van der Waals surface area contributed by atoms with Crippen molar-refractivity contribution in [3.8, 4) is 5.75 Å². The minimum atomic E-state index is -0.358. The quantitative estimate of drug-likeness (QED) is 0.564. The summed E-state index contributed by atoms with van der Waals surface area (Å²) in [5, 5.41) is 3.56. The van der Waals surface area contributed by atoms with E-state index in [2.05, 4.69) is 5.32 Å². The van der Waals surface area contributed by atoms with Crippen molar-refractivity contribution in [2.45, 2.75) is 32.3 Å². The average Bonchev–Trinajstić information content (AvgIpc) is 3.28. The summed E-state index contributed by atoms with van der Waals surface area (Å²) >= 11 is 12.1. The lowest BCUT2D eigenvalue weighted by molar-refractivity contribution is -0.116. The summed E-state index contributed by atoms with van der Waals surface area (Å²) in [7, 11) is 0. The molecule has 1 N–H and O–H groups in total. The van der Waals surface area contributed by atoms with Crippen LogP contribution in [0, 0.1) is 0 Å². The highest BCUT2D eigenvalue weighted by Gasteiger charge is 2.23. The number of halogens is 2. The van der Waals surface area contributed by atoms with Crippen LogP contribution in [-0.2, 0) is 9.53 Å². The van der Waals surface area contributed by atoms with Gasteiger partial charge >= 0.3 is 0 Å². The second-order valence-electron chi connectivity index (χ2n) is 7.34. The first kappa shape index (κ1) is 23.4. The number of amides is 2. The van der Waals surface area contributed by atoms with E-state index in [1.165, 1.54) is 4.90 Å². The van der Waals surface area contributed by atoms with Gasteiger partial charge in [0, 0.05) is 18.2 Å². The summed E-state index contributed by atoms with van der Waals surface area (Å²) in [6, 6.07) is 11.9. The SMILES string of the molecule is CCCN(CC(=O)Nc1cc(Cl)ccc1Cl)C(=O)c1ccccc1OCC1CCCO1. The molecule has 1 saturated heterocycles. The summed E-state index contributed by atoms with van der Waals surface area (Å²) in [6.45, 7) is 3.40. The molecule has 0 saturated carbocycles. The lowest BCUT2D eigenvalue weighted by Crippen LogP contribution is -2.38. The molecule has 1 aliphatic heterocycles. The normalized spacial score (nSPS) is 15.5. The first-order valence-electron chi connectivity index (χ1n) is 10.4. The average molecular weight is 465 g/mol. The monoisotopic (exact) mass is 464 g/mol. The second kappa shape index (κ2) is 11.4. The molecule has 1 heterocycles. The summed E-state index contributed by atoms with van der Waals surface area (Å²) < 4.78 is 11.5. The van der Waals surface area contributed by atoms with E-state index in [4.69, 9.17) is 32.7 Å². The van der Waals surface area contributed by atoms with Crippen LogP contribution < -0.4 is 10.1 Å². The highest BCUT2D eigenvalue weighted by atomic mass is 35.5. The van der Waals surface area contributed by atoms with Gasteiger partial charge in [-0.25, -0.2) is 0 Å². The van der Waals surface area contributed by atoms with Gasteiger partial charge in [0.1, 0.15) is 18.9 Å². The molecular formula is C23H26Cl2N2O4. The fraction of sp³-hybridized carbons (Fsp3) is 0.391. The predicted octanol–water partition coefficient (Wildman–Crippen LogP) is 5.04. The molecule has 0 spiro atoms. The summed E-state index contributed by atoms with van der Waals surface area (Å²) in [4.78, 5) is 27.4. The summed E-state index contributed by atoms with van der Waals surface area (Å²) in [6.07, 6.45) is 2.72. The van der Waals surface area contributed by atoms with Gasteiger partial charge in [-0.1, -0.05) is 42.3 Å². The van der Waals surface area contributed by atoms with Gasteiger partial charge in [-0.3, -0.25) is 9.59 Å². The molecule has 2 aromatic rings. The van der Waals surface area contributed by atoms with Gasteiger partial charge in [0.25, 0.3) is 5.91 Å². The molecule has 0 radical (unpaired) electrons. The minimum Gasteiger partial charge on any atom is -0.490 e. The van der Waals surface area contributed by atoms with Crippen molar-refractivity contribution in [2.24, 2.45) is 0 Å². The van der Waals surface area contributed by atoms with Crippen LogP contribution in [0.2, 0.25) is 10.0 Å². The van der Waals surface area contributed by atoms with Crippen molar-refractivity contribution < 1.29 is 19.1 Å². The third-order valence-electron chi connectivity index (χ3n) is 4.88. The van der Waals surface area contributed by atoms with E-state index in [1.54, 1.807) is 36.4 Å². The van der Waals surface area contributed by atoms with Gasteiger partial charge < -0.3 is 19.7 Å². The Hall–Kier alpha value is -2.28. The van der Waals surface area contributed by atoms with Crippen LogP contribution in [0.1, 0.15) is 36.5 Å². The zero-order valence-corrected chi connectivity index (χ0v) is 18.9. The van der Waals surface area contributed by atoms with Crippen LogP contribution in [0.15, 0.2) is 42.5 Å². The number of hydrogen-bond acceptors (Lipinski definition) is 4. The number of rotatable bonds is 9. The van der Waals surface area contributed by atoms with Crippen LogP contribution in [-0.4, -0.2) is 49.1 Å². The molecule has 2 aromatic carbocycles. The maximum atomic E-state index is 13.2. The lowest BCUT2D eigenvalue weighted by atomic mass is 10.1. The van der Waals surface area contributed by atoms with E-state index < -0.39 is 0 Å². The molecule has 0 aliphatic carbocycles. The predicted molar refractivity (Wildman–Crippen MR) is 122 cm³/mol. The molecule has 0 aromatic heterocycles. The van der Waals surface area contributed by atoms with Crippen molar-refractivity contribution in [3.05, 3.63) is 58.1 Å². The maximum Gasteiger partial charge on any atom is 0.258 e. The summed E-state index contributed by atoms with van der Waals surface area (Å²) in [5.74, 6) is -0.136. The largest absolute Gasteiger partial charge is 0.490 e. The van der Waals surface area contributed by atoms with Crippen molar-refractivity contribution in [3.63, 3.8) is 0 Å². The Labute approximate surface area is 192 Å². The van der Waals surface area contributed by atoms with E-state index in [1.807, 2.05) is 13.0 Å². The number of nitrogens with one attached hydrogen (secondary N) is 1. The molecule has 1 aliphatic rings. The standard InChI is InChI=1S/C23H26Cl2N2O4/c1-2-11-27(14-22(28)26-20-13-16(24)9-10-19(20)25)23(29)18-7-3-4-8-21(18)31-15-17-6-5-12-30-17/h3-4,7-10,13,17H,2,5-6,11-12,14-15H2,1H3,(H,26,28). The Kier molecular flexibility index (Phi) is 8.58. The molecule has 31 heavy (non-hydrogen) atoms. The Morgan fingerprint density at radius 3 is 2.77 bits per heavy atom. The molecule has 1 fully saturated rings. The number of nitrogens with zero attached hydrogens (tertiary/aromatic N) is 1. The van der Waals surface area contributed by atoms with Crippen LogP contribution in [0.25, 0.3) is 0 Å². The molecule has 3 rings (SSSR count). The first-order chi connectivity index (χ1) is 15.0. The van der Waals surface area contributed by atoms with E-state index in [0.29, 0.717) is 46.6 Å². The van der Waals surface area contributed by atoms with Gasteiger partial charge in [0.05, 0.1) is 22.4 Å². The zero-order chi connectivity index (χ0) is 22.2. The molecule has 0 bridgehead atoms. The van der Waals surface area contributed by atoms with Crippen LogP contribution in [0.4, 0.5) is 5.69 Å². The third kappa shape index (κ3) is 6.60. The van der Waals surface area contributed by atoms with Gasteiger partial charge in [0.2, 0.25) is 5.91 Å². The van der Waals surface area contributed by atoms with Crippen molar-refractivity contribution in [1.29, 1.82) is 0 Å². The van der Waals surface area contributed by atoms with E-state index in [0.717, 1.165) is 19.4 Å². The smallest absolute Gasteiger partial charge is 0.258 e. The lowest BCUT2D eigenvalue weighted by Gasteiger charge is -2.23. The van der Waals surface area contributed by atoms with Crippen LogP contribution >= 0.6 is 23.2 Å². The molecule has 6 nitrogen and oxygen atoms in total. The Balaban J connectivity index is 1.69. The highest BCUT2D eigenvalue weighted by molar-refractivity contribution is 6.35. The van der Waals surface area contributed by atoms with Gasteiger partial charge in [-0.2, -0.15) is 0 Å². The van der Waals surface area contributed by atoms with Gasteiger partial charge in [-0.05, 0) is 49.6 Å². The number of carbonyl (C=O) groups is 2. The van der Waals surface area contributed by atoms with Gasteiger partial charge in [0.15, 0.2) is 0 Å². The van der Waals surface area contributed by atoms with Crippen LogP contribution in [0.5, 0.6) is 5.75 Å². The summed E-state index contributed by atoms with van der Waals surface area (Å²) in [5.41, 5.74) is 0.825. The number of hydrogen-bond donors (Lipinski definition) is 1. The van der Waals surface area contributed by atoms with Crippen molar-refractivity contribution in [1.82, 2.24) is 4.90 Å². The Bertz CT molecular complexity index is 916. The third-order valence-corrected chi connectivity index (χ3v) is 5.45. The molecular weight excluding hydrogens is 439 g/mol. The van der Waals surface area contributed by atoms with E-state index >= 15 is 0 Å². The minimum absolute atomic E-state index is 0.0446. The number of anilines is 1. The zero-order valence-electron chi connectivity index (χ0n) is 17.4. The number of para-hydroxylation sites is 1. The van der Waals surface area contributed by atoms with Gasteiger partial charge in [-0.15, -0.1) is 0 Å². The number of benzene rings is 2. The van der Waals surface area contributed by atoms with E-state index in [-0.39, 0.29) is 24.5 Å². The molecule has 1 atom stereocenters. The molecule has 8 heteroatoms. The fourth-order valence-electron chi connectivity index (χ4n) is 3.38. The van der Waals surface area contributed by atoms with Crippen LogP contribution in [0.3, 0.4) is 0 Å². The van der Waals surface area contributed by atoms with Crippen molar-refractivity contribution >= 4 is 40.7 Å². The number of ether oxygens (including phenoxy) is 2. The first-order valence-corrected chi connectivity index (χ1v) is 11.1. The highest BCUT2D eigenvalue weighted by Crippen LogP contribution is 2.26. The van der Waals surface area contributed by atoms with Crippen molar-refractivity contribution in [2.75, 3.05) is 31.6 Å². The second-order valence-corrected chi connectivity index (χ2v) is 8.18. The topological polar surface area (TPSA) is 67.9 Å². The molecule has 1 unspecified atom stereocenters. The number of carbonyl (C=O) groups excluding carboxylic acids is 2. The Morgan fingerprint density at radius 2 is 2.03 bits per heavy atom. The molecule has 2 amide bonds. The molecule has 166 valence electrons. The fourth-order valence-corrected chi connectivity index (χ4v) is 3.71. The maximum absolute atomic E-state index is 13.2. The Morgan fingerprint density at radius 1 is 1.23 bits per heavy atom. The van der Waals surface area contributed by atoms with E-state index in [9.17, 15) is 9.59 Å².